The summed E-state index contributed by atoms with van der Waals surface area (Å²) in [5, 5.41) is 19.1. The Kier molecular flexibility index (Phi) is 12.5. The summed E-state index contributed by atoms with van der Waals surface area (Å²) in [5.41, 5.74) is 8.29. The standard InChI is InChI=1S/C22H33ClN4O2.C4H4O4/c1-3-25-21-15(2)20(24)19(23)12-18(21)22(28)26-13-16-4-8-27(9-5-16)14-17-6-10-29-11-7-17;5-3(6)1-2-4(7)8/h3,12,16-17H,4-11,13-14,24H2,1-2H3,(H,26,28);1-2H,(H,5,6)(H,7,8)/b;2-1+. The van der Waals surface area contributed by atoms with Gasteiger partial charge in [-0.05, 0) is 76.1 Å². The molecule has 37 heavy (non-hydrogen) atoms. The lowest BCUT2D eigenvalue weighted by Crippen LogP contribution is -2.41. The molecule has 11 heteroatoms. The van der Waals surface area contributed by atoms with Gasteiger partial charge in [0.2, 0.25) is 0 Å². The van der Waals surface area contributed by atoms with E-state index in [2.05, 4.69) is 15.2 Å². The molecular weight excluding hydrogens is 500 g/mol. The molecule has 0 saturated carbocycles. The number of nitrogen functional groups attached to an aromatic ring is 1. The highest BCUT2D eigenvalue weighted by Crippen LogP contribution is 2.34. The lowest BCUT2D eigenvalue weighted by molar-refractivity contribution is -0.134. The van der Waals surface area contributed by atoms with Crippen molar-refractivity contribution in [2.24, 2.45) is 16.8 Å². The van der Waals surface area contributed by atoms with Crippen molar-refractivity contribution in [3.63, 3.8) is 0 Å². The molecule has 0 bridgehead atoms. The number of hydrogen-bond acceptors (Lipinski definition) is 7. The van der Waals surface area contributed by atoms with E-state index in [0.717, 1.165) is 50.6 Å². The molecule has 2 aliphatic rings. The number of carbonyl (C=O) groups excluding carboxylic acids is 1. The van der Waals surface area contributed by atoms with Crippen molar-refractivity contribution in [1.29, 1.82) is 0 Å². The third-order valence-corrected chi connectivity index (χ3v) is 6.84. The number of rotatable bonds is 8. The van der Waals surface area contributed by atoms with E-state index in [1.54, 1.807) is 12.3 Å². The van der Waals surface area contributed by atoms with E-state index < -0.39 is 11.9 Å². The molecule has 0 spiro atoms. The van der Waals surface area contributed by atoms with Gasteiger partial charge in [-0.1, -0.05) is 11.6 Å². The normalized spacial score (nSPS) is 17.5. The summed E-state index contributed by atoms with van der Waals surface area (Å²) >= 11 is 6.21. The second kappa shape index (κ2) is 15.3. The minimum absolute atomic E-state index is 0.139. The van der Waals surface area contributed by atoms with E-state index in [-0.39, 0.29) is 5.91 Å². The molecule has 0 radical (unpaired) electrons. The number of piperidine rings is 1. The molecule has 5 N–H and O–H groups in total. The van der Waals surface area contributed by atoms with Crippen LogP contribution in [0.4, 0.5) is 11.4 Å². The van der Waals surface area contributed by atoms with Crippen LogP contribution in [-0.2, 0) is 14.3 Å². The van der Waals surface area contributed by atoms with Gasteiger partial charge in [-0.25, -0.2) is 9.59 Å². The zero-order valence-corrected chi connectivity index (χ0v) is 22.2. The van der Waals surface area contributed by atoms with Gasteiger partial charge in [-0.2, -0.15) is 0 Å². The molecule has 204 valence electrons. The van der Waals surface area contributed by atoms with Gasteiger partial charge in [-0.15, -0.1) is 0 Å². The van der Waals surface area contributed by atoms with E-state index in [0.29, 0.717) is 46.6 Å². The second-order valence-electron chi connectivity index (χ2n) is 9.20. The zero-order chi connectivity index (χ0) is 27.4. The summed E-state index contributed by atoms with van der Waals surface area (Å²) < 4.78 is 5.46. The van der Waals surface area contributed by atoms with Crippen LogP contribution in [0.2, 0.25) is 5.02 Å². The van der Waals surface area contributed by atoms with Crippen LogP contribution in [0.5, 0.6) is 0 Å². The SMILES string of the molecule is CC=Nc1c(C(=O)NCC2CCN(CC3CCOCC3)CC2)cc(Cl)c(N)c1C.O=C(O)/C=C/C(=O)O. The molecule has 2 saturated heterocycles. The van der Waals surface area contributed by atoms with Crippen LogP contribution in [0.3, 0.4) is 0 Å². The van der Waals surface area contributed by atoms with E-state index >= 15 is 0 Å². The first-order valence-electron chi connectivity index (χ1n) is 12.4. The Labute approximate surface area is 222 Å². The number of hydrogen-bond donors (Lipinski definition) is 4. The van der Waals surface area contributed by atoms with Gasteiger partial charge in [0.25, 0.3) is 5.91 Å². The number of amides is 1. The van der Waals surface area contributed by atoms with Crippen LogP contribution in [0.1, 0.15) is 48.5 Å². The third-order valence-electron chi connectivity index (χ3n) is 6.53. The Morgan fingerprint density at radius 1 is 1.14 bits per heavy atom. The van der Waals surface area contributed by atoms with Gasteiger partial charge >= 0.3 is 11.9 Å². The predicted octanol–water partition coefficient (Wildman–Crippen LogP) is 3.53. The number of ether oxygens (including phenoxy) is 1. The Morgan fingerprint density at radius 3 is 2.27 bits per heavy atom. The molecule has 2 heterocycles. The summed E-state index contributed by atoms with van der Waals surface area (Å²) in [4.78, 5) is 38.9. The van der Waals surface area contributed by atoms with Crippen LogP contribution < -0.4 is 11.1 Å². The molecule has 0 atom stereocenters. The Morgan fingerprint density at radius 2 is 1.73 bits per heavy atom. The fourth-order valence-corrected chi connectivity index (χ4v) is 4.64. The Hall–Kier alpha value is -2.95. The number of likely N-dealkylation sites (tertiary alicyclic amines) is 1. The minimum Gasteiger partial charge on any atom is -0.478 e. The van der Waals surface area contributed by atoms with Gasteiger partial charge in [0.15, 0.2) is 0 Å². The van der Waals surface area contributed by atoms with Crippen molar-refractivity contribution in [1.82, 2.24) is 10.2 Å². The number of nitrogens with one attached hydrogen (secondary N) is 1. The highest BCUT2D eigenvalue weighted by molar-refractivity contribution is 6.34. The number of benzene rings is 1. The van der Waals surface area contributed by atoms with Crippen molar-refractivity contribution in [2.45, 2.75) is 39.5 Å². The van der Waals surface area contributed by atoms with Gasteiger partial charge in [0, 0.05) is 44.7 Å². The van der Waals surface area contributed by atoms with Gasteiger partial charge in [-0.3, -0.25) is 9.79 Å². The molecule has 0 unspecified atom stereocenters. The molecule has 1 aromatic rings. The van der Waals surface area contributed by atoms with Crippen molar-refractivity contribution < 1.29 is 29.3 Å². The van der Waals surface area contributed by atoms with Crippen molar-refractivity contribution in [3.8, 4) is 0 Å². The van der Waals surface area contributed by atoms with E-state index in [1.807, 2.05) is 13.8 Å². The first-order valence-corrected chi connectivity index (χ1v) is 12.8. The number of nitrogens with two attached hydrogens (primary N) is 1. The number of aliphatic carboxylic acids is 2. The van der Waals surface area contributed by atoms with Crippen LogP contribution in [-0.4, -0.2) is 78.6 Å². The maximum absolute atomic E-state index is 12.8. The summed E-state index contributed by atoms with van der Waals surface area (Å²) in [6, 6.07) is 1.62. The van der Waals surface area contributed by atoms with Gasteiger partial charge in [0.1, 0.15) is 0 Å². The molecule has 2 fully saturated rings. The number of carboxylic acid groups (broad SMARTS) is 2. The van der Waals surface area contributed by atoms with Gasteiger partial charge < -0.3 is 30.9 Å². The summed E-state index contributed by atoms with van der Waals surface area (Å²) in [6.07, 6.45) is 7.38. The molecule has 0 aliphatic carbocycles. The van der Waals surface area contributed by atoms with E-state index in [1.165, 1.54) is 19.4 Å². The predicted molar refractivity (Wildman–Crippen MR) is 144 cm³/mol. The molecular formula is C26H37ClN4O6. The number of anilines is 1. The summed E-state index contributed by atoms with van der Waals surface area (Å²) in [7, 11) is 0. The molecule has 10 nitrogen and oxygen atoms in total. The number of carboxylic acids is 2. The molecule has 1 amide bonds. The van der Waals surface area contributed by atoms with Crippen LogP contribution in [0, 0.1) is 18.8 Å². The van der Waals surface area contributed by atoms with Crippen molar-refractivity contribution in [2.75, 3.05) is 45.1 Å². The number of nitrogens with zero attached hydrogens (tertiary/aromatic N) is 2. The molecule has 3 rings (SSSR count). The first kappa shape index (κ1) is 30.3. The lowest BCUT2D eigenvalue weighted by atomic mass is 9.94. The smallest absolute Gasteiger partial charge is 0.328 e. The van der Waals surface area contributed by atoms with E-state index in [9.17, 15) is 14.4 Å². The lowest BCUT2D eigenvalue weighted by Gasteiger charge is -2.35. The number of halogens is 1. The van der Waals surface area contributed by atoms with Crippen LogP contribution >= 0.6 is 11.6 Å². The second-order valence-corrected chi connectivity index (χ2v) is 9.61. The number of carbonyl (C=O) groups is 3. The monoisotopic (exact) mass is 536 g/mol. The summed E-state index contributed by atoms with van der Waals surface area (Å²) in [5.74, 6) is -1.37. The van der Waals surface area contributed by atoms with Crippen molar-refractivity contribution in [3.05, 3.63) is 34.4 Å². The Bertz CT molecular complexity index is 983. The molecule has 0 aromatic heterocycles. The maximum atomic E-state index is 12.8. The summed E-state index contributed by atoms with van der Waals surface area (Å²) in [6.45, 7) is 9.56. The molecule has 2 aliphatic heterocycles. The van der Waals surface area contributed by atoms with Crippen LogP contribution in [0.15, 0.2) is 23.2 Å². The van der Waals surface area contributed by atoms with Gasteiger partial charge in [0.05, 0.1) is 22.0 Å². The Balaban J connectivity index is 0.000000521. The number of aliphatic imine (C=N–C) groups is 1. The largest absolute Gasteiger partial charge is 0.478 e. The average molecular weight is 537 g/mol. The zero-order valence-electron chi connectivity index (χ0n) is 21.4. The fourth-order valence-electron chi connectivity index (χ4n) is 4.39. The minimum atomic E-state index is -1.26. The topological polar surface area (TPSA) is 155 Å². The average Bonchev–Trinajstić information content (AvgIpc) is 2.88. The fraction of sp³-hybridized carbons (Fsp3) is 0.538. The quantitative estimate of drug-likeness (QED) is 0.223. The third kappa shape index (κ3) is 10.1. The highest BCUT2D eigenvalue weighted by Gasteiger charge is 2.24. The van der Waals surface area contributed by atoms with E-state index in [4.69, 9.17) is 32.3 Å². The molecule has 1 aromatic carbocycles. The maximum Gasteiger partial charge on any atom is 0.328 e. The van der Waals surface area contributed by atoms with Crippen LogP contribution in [0.25, 0.3) is 0 Å². The van der Waals surface area contributed by atoms with Crippen molar-refractivity contribution >= 4 is 47.0 Å². The highest BCUT2D eigenvalue weighted by atomic mass is 35.5. The first-order chi connectivity index (χ1) is 17.6.